The molecule has 0 atom stereocenters. The number of nitrogens with zero attached hydrogens (tertiary/aromatic N) is 1. The minimum Gasteiger partial charge on any atom is -0.384 e. The van der Waals surface area contributed by atoms with E-state index < -0.39 is 12.7 Å². The molecule has 94 valence electrons. The van der Waals surface area contributed by atoms with Crippen LogP contribution in [0, 0.1) is 5.41 Å². The molecule has 0 aliphatic carbocycles. The van der Waals surface area contributed by atoms with Gasteiger partial charge in [0, 0.05) is 17.2 Å². The minimum absolute atomic E-state index is 0.263. The highest BCUT2D eigenvalue weighted by atomic mass is 79.9. The van der Waals surface area contributed by atoms with Crippen molar-refractivity contribution in [2.24, 2.45) is 5.73 Å². The van der Waals surface area contributed by atoms with Gasteiger partial charge in [0.2, 0.25) is 0 Å². The number of nitrogens with one attached hydrogen (secondary N) is 1. The number of rotatable bonds is 3. The van der Waals surface area contributed by atoms with E-state index >= 15 is 0 Å². The molecule has 0 saturated heterocycles. The molecule has 0 fully saturated rings. The van der Waals surface area contributed by atoms with Gasteiger partial charge in [0.15, 0.2) is 0 Å². The molecule has 0 unspecified atom stereocenters. The number of hydrogen-bond donors (Lipinski definition) is 2. The summed E-state index contributed by atoms with van der Waals surface area (Å²) in [5.41, 5.74) is 5.89. The summed E-state index contributed by atoms with van der Waals surface area (Å²) in [6, 6.07) is 4.72. The first kappa shape index (κ1) is 13.8. The fourth-order valence-electron chi connectivity index (χ4n) is 1.45. The van der Waals surface area contributed by atoms with Gasteiger partial charge in [-0.25, -0.2) is 0 Å². The van der Waals surface area contributed by atoms with Crippen LogP contribution in [0.15, 0.2) is 22.7 Å². The molecule has 0 bridgehead atoms. The number of alkyl halides is 3. The van der Waals surface area contributed by atoms with E-state index in [0.717, 1.165) is 4.90 Å². The lowest BCUT2D eigenvalue weighted by molar-refractivity contribution is -0.119. The van der Waals surface area contributed by atoms with Gasteiger partial charge in [-0.15, -0.1) is 0 Å². The molecule has 1 aromatic carbocycles. The number of anilines is 1. The Bertz CT molecular complexity index is 431. The summed E-state index contributed by atoms with van der Waals surface area (Å²) >= 11 is 3.17. The van der Waals surface area contributed by atoms with Crippen LogP contribution in [0.2, 0.25) is 0 Å². The first-order valence-corrected chi connectivity index (χ1v) is 5.42. The maximum Gasteiger partial charge on any atom is 0.405 e. The Morgan fingerprint density at radius 2 is 2.06 bits per heavy atom. The third-order valence-corrected chi connectivity index (χ3v) is 2.75. The van der Waals surface area contributed by atoms with E-state index in [4.69, 9.17) is 11.1 Å². The van der Waals surface area contributed by atoms with Crippen molar-refractivity contribution < 1.29 is 13.2 Å². The molecule has 7 heteroatoms. The molecule has 0 radical (unpaired) electrons. The molecule has 3 N–H and O–H groups in total. The van der Waals surface area contributed by atoms with Crippen LogP contribution in [0.5, 0.6) is 0 Å². The lowest BCUT2D eigenvalue weighted by Crippen LogP contribution is -2.32. The summed E-state index contributed by atoms with van der Waals surface area (Å²) in [7, 11) is 1.31. The van der Waals surface area contributed by atoms with E-state index in [9.17, 15) is 13.2 Å². The smallest absolute Gasteiger partial charge is 0.384 e. The maximum atomic E-state index is 12.3. The highest BCUT2D eigenvalue weighted by Crippen LogP contribution is 2.28. The topological polar surface area (TPSA) is 53.1 Å². The fourth-order valence-corrected chi connectivity index (χ4v) is 2.02. The van der Waals surface area contributed by atoms with Crippen LogP contribution in [-0.2, 0) is 0 Å². The first-order chi connectivity index (χ1) is 7.72. The van der Waals surface area contributed by atoms with Crippen molar-refractivity contribution in [1.82, 2.24) is 0 Å². The maximum absolute atomic E-state index is 12.3. The van der Waals surface area contributed by atoms with Gasteiger partial charge in [0.05, 0.1) is 5.56 Å². The van der Waals surface area contributed by atoms with Gasteiger partial charge in [0.1, 0.15) is 12.4 Å². The number of nitrogens with two attached hydrogens (primary N) is 1. The molecular weight excluding hydrogens is 299 g/mol. The molecule has 0 amide bonds. The van der Waals surface area contributed by atoms with Crippen molar-refractivity contribution in [1.29, 1.82) is 5.41 Å². The summed E-state index contributed by atoms with van der Waals surface area (Å²) < 4.78 is 37.4. The standard InChI is InChI=1S/C10H11BrF3N3/c1-17(5-10(12,13)14)7-4-2-3-6(11)8(7)9(15)16/h2-4H,5H2,1H3,(H3,15,16). The second kappa shape index (κ2) is 4.95. The summed E-state index contributed by atoms with van der Waals surface area (Å²) in [5, 5.41) is 7.38. The van der Waals surface area contributed by atoms with Gasteiger partial charge in [-0.1, -0.05) is 6.07 Å². The Balaban J connectivity index is 3.13. The van der Waals surface area contributed by atoms with Crippen LogP contribution in [0.25, 0.3) is 0 Å². The van der Waals surface area contributed by atoms with E-state index in [0.29, 0.717) is 4.47 Å². The number of hydrogen-bond acceptors (Lipinski definition) is 2. The third kappa shape index (κ3) is 3.62. The highest BCUT2D eigenvalue weighted by Gasteiger charge is 2.30. The highest BCUT2D eigenvalue weighted by molar-refractivity contribution is 9.10. The summed E-state index contributed by atoms with van der Waals surface area (Å²) in [6.07, 6.45) is -4.30. The van der Waals surface area contributed by atoms with Gasteiger partial charge in [-0.3, -0.25) is 5.41 Å². The fraction of sp³-hybridized carbons (Fsp3) is 0.300. The summed E-state index contributed by atoms with van der Waals surface area (Å²) in [4.78, 5) is 1.02. The third-order valence-electron chi connectivity index (χ3n) is 2.09. The molecule has 0 saturated carbocycles. The van der Waals surface area contributed by atoms with Crippen molar-refractivity contribution in [3.05, 3.63) is 28.2 Å². The van der Waals surface area contributed by atoms with Crippen LogP contribution >= 0.6 is 15.9 Å². The average Bonchev–Trinajstić information content (AvgIpc) is 2.13. The van der Waals surface area contributed by atoms with E-state index in [1.807, 2.05) is 0 Å². The Morgan fingerprint density at radius 1 is 1.47 bits per heavy atom. The van der Waals surface area contributed by atoms with Crippen LogP contribution < -0.4 is 10.6 Å². The summed E-state index contributed by atoms with van der Waals surface area (Å²) in [6.45, 7) is -1.09. The van der Waals surface area contributed by atoms with Crippen LogP contribution in [0.1, 0.15) is 5.56 Å². The van der Waals surface area contributed by atoms with Crippen molar-refractivity contribution in [3.63, 3.8) is 0 Å². The number of nitrogen functional groups attached to an aromatic ring is 1. The number of amidine groups is 1. The molecule has 0 aliphatic rings. The molecule has 0 aromatic heterocycles. The van der Waals surface area contributed by atoms with E-state index in [1.54, 1.807) is 12.1 Å². The van der Waals surface area contributed by atoms with Crippen LogP contribution in [-0.4, -0.2) is 25.6 Å². The predicted molar refractivity (Wildman–Crippen MR) is 64.5 cm³/mol. The molecule has 3 nitrogen and oxygen atoms in total. The van der Waals surface area contributed by atoms with Crippen molar-refractivity contribution in [2.75, 3.05) is 18.5 Å². The Hall–Kier alpha value is -1.24. The van der Waals surface area contributed by atoms with Crippen molar-refractivity contribution in [3.8, 4) is 0 Å². The molecular formula is C10H11BrF3N3. The lowest BCUT2D eigenvalue weighted by atomic mass is 10.1. The largest absolute Gasteiger partial charge is 0.405 e. The van der Waals surface area contributed by atoms with E-state index in [2.05, 4.69) is 15.9 Å². The van der Waals surface area contributed by atoms with Gasteiger partial charge in [-0.2, -0.15) is 13.2 Å². The zero-order valence-electron chi connectivity index (χ0n) is 8.98. The zero-order chi connectivity index (χ0) is 13.2. The second-order valence-electron chi connectivity index (χ2n) is 3.52. The van der Waals surface area contributed by atoms with Gasteiger partial charge >= 0.3 is 6.18 Å². The van der Waals surface area contributed by atoms with E-state index in [-0.39, 0.29) is 17.1 Å². The van der Waals surface area contributed by atoms with Gasteiger partial charge in [0.25, 0.3) is 0 Å². The molecule has 0 heterocycles. The Kier molecular flexibility index (Phi) is 4.03. The van der Waals surface area contributed by atoms with Crippen molar-refractivity contribution >= 4 is 27.5 Å². The first-order valence-electron chi connectivity index (χ1n) is 4.63. The minimum atomic E-state index is -4.30. The Labute approximate surface area is 105 Å². The SMILES string of the molecule is CN(CC(F)(F)F)c1cccc(Br)c1C(=N)N. The molecule has 0 spiro atoms. The number of benzene rings is 1. The van der Waals surface area contributed by atoms with Crippen LogP contribution in [0.4, 0.5) is 18.9 Å². The molecule has 1 rings (SSSR count). The molecule has 1 aromatic rings. The monoisotopic (exact) mass is 309 g/mol. The van der Waals surface area contributed by atoms with E-state index in [1.165, 1.54) is 13.1 Å². The normalized spacial score (nSPS) is 11.4. The molecule has 0 aliphatic heterocycles. The molecule has 17 heavy (non-hydrogen) atoms. The lowest BCUT2D eigenvalue weighted by Gasteiger charge is -2.23. The van der Waals surface area contributed by atoms with Crippen molar-refractivity contribution in [2.45, 2.75) is 6.18 Å². The second-order valence-corrected chi connectivity index (χ2v) is 4.37. The van der Waals surface area contributed by atoms with Crippen LogP contribution in [0.3, 0.4) is 0 Å². The summed E-state index contributed by atoms with van der Waals surface area (Å²) in [5.74, 6) is -0.276. The zero-order valence-corrected chi connectivity index (χ0v) is 10.6. The predicted octanol–water partition coefficient (Wildman–Crippen LogP) is 2.73. The average molecular weight is 310 g/mol. The number of halogens is 4. The van der Waals surface area contributed by atoms with Gasteiger partial charge in [-0.05, 0) is 28.1 Å². The van der Waals surface area contributed by atoms with Gasteiger partial charge < -0.3 is 10.6 Å². The quantitative estimate of drug-likeness (QED) is 0.666. The Morgan fingerprint density at radius 3 is 2.53 bits per heavy atom.